The van der Waals surface area contributed by atoms with Crippen molar-refractivity contribution >= 4 is 28.4 Å². The molecule has 138 valence electrons. The van der Waals surface area contributed by atoms with Crippen molar-refractivity contribution in [1.82, 2.24) is 9.88 Å². The van der Waals surface area contributed by atoms with Gasteiger partial charge in [0.15, 0.2) is 0 Å². The van der Waals surface area contributed by atoms with Gasteiger partial charge in [0.1, 0.15) is 0 Å². The number of nitrogens with zero attached hydrogens (tertiary/aromatic N) is 1. The average molecular weight is 379 g/mol. The fourth-order valence-corrected chi connectivity index (χ4v) is 4.94. The van der Waals surface area contributed by atoms with Gasteiger partial charge in [-0.25, -0.2) is 0 Å². The van der Waals surface area contributed by atoms with E-state index in [1.807, 2.05) is 18.2 Å². The van der Waals surface area contributed by atoms with Crippen molar-refractivity contribution in [3.8, 4) is 0 Å². The molecule has 0 radical (unpaired) electrons. The summed E-state index contributed by atoms with van der Waals surface area (Å²) in [6.45, 7) is 1.71. The average Bonchev–Trinajstić information content (AvgIpc) is 3.38. The molecule has 2 fully saturated rings. The number of likely N-dealkylation sites (tertiary alicyclic amines) is 1. The lowest BCUT2D eigenvalue weighted by molar-refractivity contribution is -0.133. The number of nitrogens with one attached hydrogen (secondary N) is 1. The van der Waals surface area contributed by atoms with Crippen molar-refractivity contribution in [2.45, 2.75) is 31.1 Å². The molecule has 4 heteroatoms. The molecule has 0 spiro atoms. The molecule has 3 nitrogen and oxygen atoms in total. The topological polar surface area (TPSA) is 36.1 Å². The van der Waals surface area contributed by atoms with Gasteiger partial charge < -0.3 is 9.88 Å². The van der Waals surface area contributed by atoms with E-state index in [4.69, 9.17) is 11.6 Å². The maximum atomic E-state index is 12.9. The third-order valence-electron chi connectivity index (χ3n) is 6.28. The van der Waals surface area contributed by atoms with Crippen LogP contribution in [0.5, 0.6) is 0 Å². The van der Waals surface area contributed by atoms with Crippen molar-refractivity contribution in [2.75, 3.05) is 13.1 Å². The highest BCUT2D eigenvalue weighted by Crippen LogP contribution is 2.50. The highest BCUT2D eigenvalue weighted by molar-refractivity contribution is 6.31. The first-order valence-electron chi connectivity index (χ1n) is 9.81. The van der Waals surface area contributed by atoms with Gasteiger partial charge in [-0.15, -0.1) is 0 Å². The molecule has 3 aromatic rings. The van der Waals surface area contributed by atoms with Crippen molar-refractivity contribution < 1.29 is 4.79 Å². The van der Waals surface area contributed by atoms with Crippen molar-refractivity contribution in [2.24, 2.45) is 5.92 Å². The molecule has 2 aromatic carbocycles. The molecule has 27 heavy (non-hydrogen) atoms. The van der Waals surface area contributed by atoms with Gasteiger partial charge in [-0.1, -0.05) is 48.0 Å². The number of hydrogen-bond acceptors (Lipinski definition) is 1. The Bertz CT molecular complexity index is 987. The van der Waals surface area contributed by atoms with Crippen LogP contribution in [-0.4, -0.2) is 28.9 Å². The van der Waals surface area contributed by atoms with Crippen molar-refractivity contribution in [3.05, 3.63) is 70.9 Å². The van der Waals surface area contributed by atoms with E-state index in [-0.39, 0.29) is 5.92 Å². The zero-order valence-corrected chi connectivity index (χ0v) is 16.0. The normalized spacial score (nSPS) is 22.9. The van der Waals surface area contributed by atoms with Gasteiger partial charge in [-0.2, -0.15) is 0 Å². The Kier molecular flexibility index (Phi) is 4.20. The number of halogens is 1. The molecule has 1 saturated heterocycles. The Labute approximate surface area is 164 Å². The van der Waals surface area contributed by atoms with Crippen LogP contribution in [0.3, 0.4) is 0 Å². The summed E-state index contributed by atoms with van der Waals surface area (Å²) in [5.74, 6) is 1.27. The summed E-state index contributed by atoms with van der Waals surface area (Å²) < 4.78 is 0. The molecule has 1 aliphatic heterocycles. The zero-order valence-electron chi connectivity index (χ0n) is 15.2. The number of aromatic nitrogens is 1. The number of amides is 1. The summed E-state index contributed by atoms with van der Waals surface area (Å²) >= 11 is 6.31. The Morgan fingerprint density at radius 3 is 2.56 bits per heavy atom. The summed E-state index contributed by atoms with van der Waals surface area (Å²) in [5.41, 5.74) is 3.73. The van der Waals surface area contributed by atoms with E-state index in [1.165, 1.54) is 16.5 Å². The number of rotatable bonds is 3. The van der Waals surface area contributed by atoms with Gasteiger partial charge in [0.2, 0.25) is 5.91 Å². The summed E-state index contributed by atoms with van der Waals surface area (Å²) in [4.78, 5) is 18.4. The number of hydrogen-bond donors (Lipinski definition) is 1. The summed E-state index contributed by atoms with van der Waals surface area (Å²) in [5, 5.41) is 2.11. The predicted octanol–water partition coefficient (Wildman–Crippen LogP) is 5.33. The fraction of sp³-hybridized carbons (Fsp3) is 0.348. The van der Waals surface area contributed by atoms with Crippen LogP contribution in [0.4, 0.5) is 0 Å². The summed E-state index contributed by atoms with van der Waals surface area (Å²) in [6.07, 6.45) is 5.17. The Balaban J connectivity index is 1.24. The maximum absolute atomic E-state index is 12.9. The molecule has 1 saturated carbocycles. The summed E-state index contributed by atoms with van der Waals surface area (Å²) in [6, 6.07) is 16.4. The molecular formula is C23H23ClN2O. The van der Waals surface area contributed by atoms with Gasteiger partial charge in [0, 0.05) is 41.1 Å². The SMILES string of the molecule is O=C(C1CC1c1ccccc1Cl)N1CCC(c2c[nH]c3ccccc23)CC1. The molecule has 2 heterocycles. The lowest BCUT2D eigenvalue weighted by Gasteiger charge is -2.32. The molecule has 1 aliphatic carbocycles. The number of carbonyl (C=O) groups excluding carboxylic acids is 1. The maximum Gasteiger partial charge on any atom is 0.226 e. The number of piperidine rings is 1. The first-order valence-corrected chi connectivity index (χ1v) is 10.2. The zero-order chi connectivity index (χ0) is 18.4. The van der Waals surface area contributed by atoms with E-state index in [0.717, 1.165) is 42.9 Å². The molecule has 5 rings (SSSR count). The van der Waals surface area contributed by atoms with Crippen LogP contribution in [0.25, 0.3) is 10.9 Å². The number of carbonyl (C=O) groups is 1. The van der Waals surface area contributed by atoms with Gasteiger partial charge in [-0.05, 0) is 54.4 Å². The van der Waals surface area contributed by atoms with Crippen molar-refractivity contribution in [3.63, 3.8) is 0 Å². The smallest absolute Gasteiger partial charge is 0.226 e. The lowest BCUT2D eigenvalue weighted by atomic mass is 9.89. The Morgan fingerprint density at radius 1 is 1.00 bits per heavy atom. The van der Waals surface area contributed by atoms with E-state index in [2.05, 4.69) is 46.4 Å². The molecule has 2 unspecified atom stereocenters. The van der Waals surface area contributed by atoms with Crippen molar-refractivity contribution in [1.29, 1.82) is 0 Å². The first kappa shape index (κ1) is 16.9. The van der Waals surface area contributed by atoms with Gasteiger partial charge in [0.05, 0.1) is 0 Å². The van der Waals surface area contributed by atoms with Gasteiger partial charge >= 0.3 is 0 Å². The standard InChI is InChI=1S/C23H23ClN2O/c24-21-7-3-1-5-16(21)18-13-19(18)23(27)26-11-9-15(10-12-26)20-14-25-22-8-4-2-6-17(20)22/h1-8,14-15,18-19,25H,9-13H2. The lowest BCUT2D eigenvalue weighted by Crippen LogP contribution is -2.39. The third kappa shape index (κ3) is 3.04. The minimum atomic E-state index is 0.120. The van der Waals surface area contributed by atoms with E-state index in [0.29, 0.717) is 17.7 Å². The van der Waals surface area contributed by atoms with Crippen LogP contribution in [0.15, 0.2) is 54.7 Å². The van der Waals surface area contributed by atoms with E-state index in [1.54, 1.807) is 0 Å². The van der Waals surface area contributed by atoms with Crippen LogP contribution in [0.2, 0.25) is 5.02 Å². The second-order valence-corrected chi connectivity index (χ2v) is 8.27. The van der Waals surface area contributed by atoms with E-state index < -0.39 is 0 Å². The minimum Gasteiger partial charge on any atom is -0.361 e. The molecule has 2 aliphatic rings. The van der Waals surface area contributed by atoms with Crippen LogP contribution < -0.4 is 0 Å². The van der Waals surface area contributed by atoms with Crippen LogP contribution in [0.1, 0.15) is 42.2 Å². The van der Waals surface area contributed by atoms with E-state index >= 15 is 0 Å². The van der Waals surface area contributed by atoms with E-state index in [9.17, 15) is 4.79 Å². The summed E-state index contributed by atoms with van der Waals surface area (Å²) in [7, 11) is 0. The fourth-order valence-electron chi connectivity index (χ4n) is 4.66. The van der Waals surface area contributed by atoms with Gasteiger partial charge in [0.25, 0.3) is 0 Å². The molecule has 0 bridgehead atoms. The number of aromatic amines is 1. The second kappa shape index (κ2) is 6.72. The molecular weight excluding hydrogens is 356 g/mol. The van der Waals surface area contributed by atoms with Crippen LogP contribution in [0, 0.1) is 5.92 Å². The highest BCUT2D eigenvalue weighted by atomic mass is 35.5. The number of fused-ring (bicyclic) bond motifs is 1. The monoisotopic (exact) mass is 378 g/mol. The quantitative estimate of drug-likeness (QED) is 0.656. The number of H-pyrrole nitrogens is 1. The number of para-hydroxylation sites is 1. The Morgan fingerprint density at radius 2 is 1.74 bits per heavy atom. The predicted molar refractivity (Wildman–Crippen MR) is 109 cm³/mol. The molecule has 1 aromatic heterocycles. The minimum absolute atomic E-state index is 0.120. The second-order valence-electron chi connectivity index (χ2n) is 7.86. The van der Waals surface area contributed by atoms with Gasteiger partial charge in [-0.3, -0.25) is 4.79 Å². The largest absolute Gasteiger partial charge is 0.361 e. The highest BCUT2D eigenvalue weighted by Gasteiger charge is 2.46. The molecule has 1 amide bonds. The molecule has 2 atom stereocenters. The van der Waals surface area contributed by atoms with Crippen LogP contribution in [-0.2, 0) is 4.79 Å². The van der Waals surface area contributed by atoms with Crippen LogP contribution >= 0.6 is 11.6 Å². The first-order chi connectivity index (χ1) is 13.2. The third-order valence-corrected chi connectivity index (χ3v) is 6.62. The Hall–Kier alpha value is -2.26. The molecule has 1 N–H and O–H groups in total. The number of benzene rings is 2.